The lowest BCUT2D eigenvalue weighted by molar-refractivity contribution is -0.384. The predicted molar refractivity (Wildman–Crippen MR) is 89.4 cm³/mol. The lowest BCUT2D eigenvalue weighted by Gasteiger charge is -2.07. The maximum atomic E-state index is 11.8. The number of methoxy groups -OCH3 is 1. The molecule has 2 rings (SSSR count). The van der Waals surface area contributed by atoms with E-state index in [4.69, 9.17) is 9.47 Å². The van der Waals surface area contributed by atoms with E-state index in [1.165, 1.54) is 31.4 Å². The Morgan fingerprint density at radius 3 is 2.52 bits per heavy atom. The second-order valence-corrected chi connectivity index (χ2v) is 5.04. The highest BCUT2D eigenvalue weighted by molar-refractivity contribution is 5.93. The Labute approximate surface area is 143 Å². The van der Waals surface area contributed by atoms with Gasteiger partial charge in [-0.2, -0.15) is 0 Å². The van der Waals surface area contributed by atoms with Crippen molar-refractivity contribution in [1.82, 2.24) is 0 Å². The Kier molecular flexibility index (Phi) is 6.05. The van der Waals surface area contributed by atoms with Crippen LogP contribution >= 0.6 is 0 Å². The number of nitro benzene ring substituents is 1. The van der Waals surface area contributed by atoms with Crippen LogP contribution < -0.4 is 10.1 Å². The van der Waals surface area contributed by atoms with Gasteiger partial charge in [-0.05, 0) is 29.8 Å². The van der Waals surface area contributed by atoms with Crippen molar-refractivity contribution in [3.63, 3.8) is 0 Å². The first-order chi connectivity index (χ1) is 12.0. The molecular weight excluding hydrogens is 328 g/mol. The van der Waals surface area contributed by atoms with E-state index >= 15 is 0 Å². The first kappa shape index (κ1) is 17.9. The molecule has 2 aromatic rings. The summed E-state index contributed by atoms with van der Waals surface area (Å²) in [5, 5.41) is 13.0. The zero-order valence-electron chi connectivity index (χ0n) is 13.4. The van der Waals surface area contributed by atoms with Gasteiger partial charge in [-0.25, -0.2) is 0 Å². The molecule has 0 radical (unpaired) electrons. The number of amides is 1. The summed E-state index contributed by atoms with van der Waals surface area (Å²) < 4.78 is 9.98. The molecule has 0 aliphatic heterocycles. The second-order valence-electron chi connectivity index (χ2n) is 5.04. The molecule has 0 atom stereocenters. The van der Waals surface area contributed by atoms with Crippen LogP contribution in [0.25, 0.3) is 0 Å². The minimum absolute atomic E-state index is 0.0159. The number of carbonyl (C=O) groups is 2. The summed E-state index contributed by atoms with van der Waals surface area (Å²) in [5.74, 6) is -0.457. The van der Waals surface area contributed by atoms with Crippen molar-refractivity contribution in [2.45, 2.75) is 6.42 Å². The number of ether oxygens (including phenoxy) is 2. The Balaban J connectivity index is 1.80. The monoisotopic (exact) mass is 344 g/mol. The van der Waals surface area contributed by atoms with E-state index in [-0.39, 0.29) is 12.1 Å². The van der Waals surface area contributed by atoms with E-state index in [1.54, 1.807) is 24.3 Å². The van der Waals surface area contributed by atoms with Gasteiger partial charge in [-0.3, -0.25) is 19.7 Å². The van der Waals surface area contributed by atoms with Gasteiger partial charge in [0, 0.05) is 17.8 Å². The van der Waals surface area contributed by atoms with Crippen LogP contribution in [0.5, 0.6) is 5.75 Å². The fourth-order valence-corrected chi connectivity index (χ4v) is 2.01. The number of anilines is 1. The van der Waals surface area contributed by atoms with E-state index in [9.17, 15) is 19.7 Å². The standard InChI is InChI=1S/C17H16N2O6/c1-24-15-4-2-3-12(9-15)10-17(21)25-11-16(20)18-13-5-7-14(8-6-13)19(22)23/h2-9H,10-11H2,1H3,(H,18,20). The van der Waals surface area contributed by atoms with Crippen LogP contribution in [0.1, 0.15) is 5.56 Å². The van der Waals surface area contributed by atoms with Gasteiger partial charge >= 0.3 is 5.97 Å². The van der Waals surface area contributed by atoms with Gasteiger partial charge in [0.1, 0.15) is 5.75 Å². The maximum Gasteiger partial charge on any atom is 0.310 e. The first-order valence-electron chi connectivity index (χ1n) is 7.31. The number of nitro groups is 1. The van der Waals surface area contributed by atoms with Gasteiger partial charge in [0.25, 0.3) is 11.6 Å². The van der Waals surface area contributed by atoms with Crippen molar-refractivity contribution < 1.29 is 24.0 Å². The molecule has 0 heterocycles. The highest BCUT2D eigenvalue weighted by Crippen LogP contribution is 2.15. The molecule has 0 aromatic heterocycles. The predicted octanol–water partition coefficient (Wildman–Crippen LogP) is 2.33. The summed E-state index contributed by atoms with van der Waals surface area (Å²) in [6, 6.07) is 12.3. The average Bonchev–Trinajstić information content (AvgIpc) is 2.60. The summed E-state index contributed by atoms with van der Waals surface area (Å²) in [6.45, 7) is -0.445. The molecule has 0 unspecified atom stereocenters. The summed E-state index contributed by atoms with van der Waals surface area (Å²) in [5.41, 5.74) is 1.00. The summed E-state index contributed by atoms with van der Waals surface area (Å²) >= 11 is 0. The Bertz CT molecular complexity index is 773. The van der Waals surface area contributed by atoms with Crippen molar-refractivity contribution in [1.29, 1.82) is 0 Å². The number of nitrogens with zero attached hydrogens (tertiary/aromatic N) is 1. The average molecular weight is 344 g/mol. The van der Waals surface area contributed by atoms with Crippen LogP contribution in [0.15, 0.2) is 48.5 Å². The molecule has 8 nitrogen and oxygen atoms in total. The van der Waals surface area contributed by atoms with E-state index in [0.29, 0.717) is 17.0 Å². The molecule has 0 saturated heterocycles. The maximum absolute atomic E-state index is 11.8. The third-order valence-electron chi connectivity index (χ3n) is 3.21. The SMILES string of the molecule is COc1cccc(CC(=O)OCC(=O)Nc2ccc([N+](=O)[O-])cc2)c1. The van der Waals surface area contributed by atoms with E-state index < -0.39 is 23.4 Å². The number of esters is 1. The zero-order chi connectivity index (χ0) is 18.2. The Morgan fingerprint density at radius 2 is 1.88 bits per heavy atom. The van der Waals surface area contributed by atoms with Crippen LogP contribution in [-0.2, 0) is 20.7 Å². The number of benzene rings is 2. The Morgan fingerprint density at radius 1 is 1.16 bits per heavy atom. The fourth-order valence-electron chi connectivity index (χ4n) is 2.01. The second kappa shape index (κ2) is 8.44. The van der Waals surface area contributed by atoms with Gasteiger partial charge in [-0.1, -0.05) is 12.1 Å². The van der Waals surface area contributed by atoms with Gasteiger partial charge in [0.2, 0.25) is 0 Å². The third-order valence-corrected chi connectivity index (χ3v) is 3.21. The normalized spacial score (nSPS) is 9.96. The molecule has 0 spiro atoms. The van der Waals surface area contributed by atoms with Gasteiger partial charge in [-0.15, -0.1) is 0 Å². The molecule has 1 amide bonds. The van der Waals surface area contributed by atoms with Crippen molar-refractivity contribution >= 4 is 23.3 Å². The van der Waals surface area contributed by atoms with Crippen LogP contribution in [0, 0.1) is 10.1 Å². The molecule has 8 heteroatoms. The van der Waals surface area contributed by atoms with Gasteiger partial charge in [0.15, 0.2) is 6.61 Å². The Hall–Kier alpha value is -3.42. The third kappa shape index (κ3) is 5.61. The van der Waals surface area contributed by atoms with Gasteiger partial charge < -0.3 is 14.8 Å². The van der Waals surface area contributed by atoms with Crippen LogP contribution in [0.4, 0.5) is 11.4 Å². The van der Waals surface area contributed by atoms with Crippen molar-refractivity contribution in [2.24, 2.45) is 0 Å². The van der Waals surface area contributed by atoms with E-state index in [1.807, 2.05) is 0 Å². The molecule has 2 aromatic carbocycles. The molecule has 130 valence electrons. The number of rotatable bonds is 7. The van der Waals surface area contributed by atoms with Crippen molar-refractivity contribution in [3.8, 4) is 5.75 Å². The zero-order valence-corrected chi connectivity index (χ0v) is 13.4. The molecule has 0 saturated carbocycles. The smallest absolute Gasteiger partial charge is 0.310 e. The highest BCUT2D eigenvalue weighted by Gasteiger charge is 2.10. The molecule has 0 fully saturated rings. The van der Waals surface area contributed by atoms with Crippen LogP contribution in [0.3, 0.4) is 0 Å². The van der Waals surface area contributed by atoms with Gasteiger partial charge in [0.05, 0.1) is 18.5 Å². The minimum Gasteiger partial charge on any atom is -0.497 e. The van der Waals surface area contributed by atoms with E-state index in [2.05, 4.69) is 5.32 Å². The molecular formula is C17H16N2O6. The fraction of sp³-hybridized carbons (Fsp3) is 0.176. The van der Waals surface area contributed by atoms with Crippen LogP contribution in [0.2, 0.25) is 0 Å². The van der Waals surface area contributed by atoms with Crippen molar-refractivity contribution in [2.75, 3.05) is 19.0 Å². The molecule has 0 bridgehead atoms. The minimum atomic E-state index is -0.549. The number of nitrogens with one attached hydrogen (secondary N) is 1. The quantitative estimate of drug-likeness (QED) is 0.469. The lowest BCUT2D eigenvalue weighted by Crippen LogP contribution is -2.21. The van der Waals surface area contributed by atoms with Crippen molar-refractivity contribution in [3.05, 3.63) is 64.2 Å². The highest BCUT2D eigenvalue weighted by atomic mass is 16.6. The topological polar surface area (TPSA) is 108 Å². The van der Waals surface area contributed by atoms with E-state index in [0.717, 1.165) is 0 Å². The number of carbonyl (C=O) groups excluding carboxylic acids is 2. The molecule has 1 N–H and O–H groups in total. The molecule has 25 heavy (non-hydrogen) atoms. The van der Waals surface area contributed by atoms with Crippen LogP contribution in [-0.4, -0.2) is 30.5 Å². The first-order valence-corrected chi connectivity index (χ1v) is 7.31. The number of hydrogen-bond donors (Lipinski definition) is 1. The number of non-ortho nitro benzene ring substituents is 1. The lowest BCUT2D eigenvalue weighted by atomic mass is 10.1. The summed E-state index contributed by atoms with van der Waals surface area (Å²) in [6.07, 6.45) is 0.0159. The largest absolute Gasteiger partial charge is 0.497 e. The molecule has 0 aliphatic carbocycles. The summed E-state index contributed by atoms with van der Waals surface area (Å²) in [7, 11) is 1.53. The molecule has 0 aliphatic rings. The summed E-state index contributed by atoms with van der Waals surface area (Å²) in [4.78, 5) is 33.5. The number of hydrogen-bond acceptors (Lipinski definition) is 6.